The van der Waals surface area contributed by atoms with E-state index in [2.05, 4.69) is 20.8 Å². The number of carboxylic acid groups (broad SMARTS) is 1. The third-order valence-electron chi connectivity index (χ3n) is 2.58. The Hall–Kier alpha value is -1.58. The maximum atomic E-state index is 13.4. The van der Waals surface area contributed by atoms with E-state index in [0.717, 1.165) is 12.5 Å². The molecule has 4 heteroatoms. The minimum atomic E-state index is -1.27. The summed E-state index contributed by atoms with van der Waals surface area (Å²) in [6, 6.07) is 3.82. The van der Waals surface area contributed by atoms with E-state index in [1.165, 1.54) is 12.1 Å². The van der Waals surface area contributed by atoms with E-state index in [9.17, 15) is 9.18 Å². The van der Waals surface area contributed by atoms with Crippen molar-refractivity contribution < 1.29 is 19.0 Å². The molecule has 1 unspecified atom stereocenters. The largest absolute Gasteiger partial charge is 0.493 e. The molecule has 1 rings (SSSR count). The fraction of sp³-hybridized carbons (Fsp3) is 0.500. The molecule has 0 saturated carbocycles. The Labute approximate surface area is 107 Å². The van der Waals surface area contributed by atoms with Gasteiger partial charge in [-0.3, -0.25) is 0 Å². The maximum absolute atomic E-state index is 13.4. The second-order valence-corrected chi connectivity index (χ2v) is 4.99. The molecule has 0 radical (unpaired) electrons. The van der Waals surface area contributed by atoms with Crippen LogP contribution in [0.5, 0.6) is 5.75 Å². The average molecular weight is 254 g/mol. The SMILES string of the molecule is CC(C)CC(C)COc1ccc(C(=O)O)c(F)c1. The van der Waals surface area contributed by atoms with Crippen LogP contribution in [0.1, 0.15) is 37.6 Å². The second kappa shape index (κ2) is 6.38. The van der Waals surface area contributed by atoms with Crippen molar-refractivity contribution in [3.8, 4) is 5.75 Å². The first-order valence-corrected chi connectivity index (χ1v) is 6.05. The molecule has 1 N–H and O–H groups in total. The Kier molecular flexibility index (Phi) is 5.13. The number of aromatic carboxylic acids is 1. The van der Waals surface area contributed by atoms with E-state index in [0.29, 0.717) is 24.2 Å². The summed E-state index contributed by atoms with van der Waals surface area (Å²) in [7, 11) is 0. The highest BCUT2D eigenvalue weighted by Crippen LogP contribution is 2.19. The molecule has 0 aliphatic rings. The summed E-state index contributed by atoms with van der Waals surface area (Å²) >= 11 is 0. The van der Waals surface area contributed by atoms with Gasteiger partial charge in [-0.1, -0.05) is 20.8 Å². The monoisotopic (exact) mass is 254 g/mol. The lowest BCUT2D eigenvalue weighted by molar-refractivity contribution is 0.0692. The summed E-state index contributed by atoms with van der Waals surface area (Å²) in [5.41, 5.74) is -0.336. The van der Waals surface area contributed by atoms with Gasteiger partial charge in [-0.05, 0) is 30.4 Å². The van der Waals surface area contributed by atoms with Crippen molar-refractivity contribution >= 4 is 5.97 Å². The number of benzene rings is 1. The van der Waals surface area contributed by atoms with Crippen LogP contribution in [0.3, 0.4) is 0 Å². The number of halogens is 1. The highest BCUT2D eigenvalue weighted by atomic mass is 19.1. The van der Waals surface area contributed by atoms with Gasteiger partial charge in [-0.15, -0.1) is 0 Å². The summed E-state index contributed by atoms with van der Waals surface area (Å²) in [5.74, 6) is -0.696. The van der Waals surface area contributed by atoms with Crippen LogP contribution in [0.15, 0.2) is 18.2 Å². The number of ether oxygens (including phenoxy) is 1. The fourth-order valence-corrected chi connectivity index (χ4v) is 1.87. The fourth-order valence-electron chi connectivity index (χ4n) is 1.87. The van der Waals surface area contributed by atoms with Gasteiger partial charge < -0.3 is 9.84 Å². The van der Waals surface area contributed by atoms with Gasteiger partial charge in [0.25, 0.3) is 0 Å². The smallest absolute Gasteiger partial charge is 0.338 e. The lowest BCUT2D eigenvalue weighted by Gasteiger charge is -2.15. The van der Waals surface area contributed by atoms with Gasteiger partial charge in [0.15, 0.2) is 0 Å². The highest BCUT2D eigenvalue weighted by molar-refractivity contribution is 5.88. The average Bonchev–Trinajstić information content (AvgIpc) is 2.25. The predicted octanol–water partition coefficient (Wildman–Crippen LogP) is 3.58. The molecule has 0 saturated heterocycles. The highest BCUT2D eigenvalue weighted by Gasteiger charge is 2.12. The number of carboxylic acids is 1. The van der Waals surface area contributed by atoms with Crippen LogP contribution in [0.2, 0.25) is 0 Å². The zero-order valence-electron chi connectivity index (χ0n) is 10.9. The van der Waals surface area contributed by atoms with Crippen molar-refractivity contribution in [3.05, 3.63) is 29.6 Å². The summed E-state index contributed by atoms with van der Waals surface area (Å²) in [6.45, 7) is 6.85. The van der Waals surface area contributed by atoms with E-state index < -0.39 is 11.8 Å². The number of carbonyl (C=O) groups is 1. The molecule has 0 aromatic heterocycles. The van der Waals surface area contributed by atoms with Gasteiger partial charge >= 0.3 is 5.97 Å². The minimum absolute atomic E-state index is 0.336. The lowest BCUT2D eigenvalue weighted by Crippen LogP contribution is -2.11. The first kappa shape index (κ1) is 14.5. The van der Waals surface area contributed by atoms with Crippen molar-refractivity contribution in [1.82, 2.24) is 0 Å². The van der Waals surface area contributed by atoms with Crippen LogP contribution in [0.4, 0.5) is 4.39 Å². The molecule has 0 aliphatic carbocycles. The molecule has 18 heavy (non-hydrogen) atoms. The van der Waals surface area contributed by atoms with E-state index in [1.54, 1.807) is 0 Å². The molecule has 1 atom stereocenters. The van der Waals surface area contributed by atoms with Gasteiger partial charge in [0, 0.05) is 6.07 Å². The zero-order valence-corrected chi connectivity index (χ0v) is 10.9. The number of hydrogen-bond acceptors (Lipinski definition) is 2. The number of hydrogen-bond donors (Lipinski definition) is 1. The van der Waals surface area contributed by atoms with Gasteiger partial charge in [0.1, 0.15) is 11.6 Å². The third kappa shape index (κ3) is 4.35. The molecule has 0 spiro atoms. The Bertz CT molecular complexity index is 416. The van der Waals surface area contributed by atoms with Crippen LogP contribution in [-0.4, -0.2) is 17.7 Å². The third-order valence-corrected chi connectivity index (χ3v) is 2.58. The van der Waals surface area contributed by atoms with Gasteiger partial charge in [0.05, 0.1) is 12.2 Å². The van der Waals surface area contributed by atoms with Gasteiger partial charge in [0.2, 0.25) is 0 Å². The summed E-state index contributed by atoms with van der Waals surface area (Å²) < 4.78 is 18.8. The van der Waals surface area contributed by atoms with Crippen molar-refractivity contribution in [2.45, 2.75) is 27.2 Å². The molecular weight excluding hydrogens is 235 g/mol. The maximum Gasteiger partial charge on any atom is 0.338 e. The molecule has 0 aliphatic heterocycles. The summed E-state index contributed by atoms with van der Waals surface area (Å²) in [4.78, 5) is 10.6. The van der Waals surface area contributed by atoms with E-state index in [4.69, 9.17) is 9.84 Å². The van der Waals surface area contributed by atoms with Crippen molar-refractivity contribution in [3.63, 3.8) is 0 Å². The normalized spacial score (nSPS) is 12.5. The topological polar surface area (TPSA) is 46.5 Å². The van der Waals surface area contributed by atoms with Crippen LogP contribution in [0.25, 0.3) is 0 Å². The lowest BCUT2D eigenvalue weighted by atomic mass is 10.00. The molecule has 1 aromatic carbocycles. The second-order valence-electron chi connectivity index (χ2n) is 4.99. The van der Waals surface area contributed by atoms with Crippen LogP contribution in [-0.2, 0) is 0 Å². The van der Waals surface area contributed by atoms with Gasteiger partial charge in [-0.25, -0.2) is 9.18 Å². The standard InChI is InChI=1S/C14H19FO3/c1-9(2)6-10(3)8-18-11-4-5-12(14(16)17)13(15)7-11/h4-5,7,9-10H,6,8H2,1-3H3,(H,16,17). The predicted molar refractivity (Wildman–Crippen MR) is 67.5 cm³/mol. The first-order chi connectivity index (χ1) is 8.40. The van der Waals surface area contributed by atoms with Crippen LogP contribution >= 0.6 is 0 Å². The Morgan fingerprint density at radius 1 is 1.39 bits per heavy atom. The van der Waals surface area contributed by atoms with Crippen molar-refractivity contribution in [2.24, 2.45) is 11.8 Å². The molecular formula is C14H19FO3. The Morgan fingerprint density at radius 2 is 2.06 bits per heavy atom. The molecule has 3 nitrogen and oxygen atoms in total. The number of rotatable bonds is 6. The van der Waals surface area contributed by atoms with E-state index in [1.807, 2.05) is 0 Å². The summed E-state index contributed by atoms with van der Waals surface area (Å²) in [6.07, 6.45) is 1.04. The Morgan fingerprint density at radius 3 is 2.56 bits per heavy atom. The van der Waals surface area contributed by atoms with Gasteiger partial charge in [-0.2, -0.15) is 0 Å². The molecule has 0 fully saturated rings. The van der Waals surface area contributed by atoms with E-state index >= 15 is 0 Å². The molecule has 100 valence electrons. The molecule has 0 amide bonds. The molecule has 1 aromatic rings. The minimum Gasteiger partial charge on any atom is -0.493 e. The first-order valence-electron chi connectivity index (χ1n) is 6.05. The Balaban J connectivity index is 2.58. The zero-order chi connectivity index (χ0) is 13.7. The van der Waals surface area contributed by atoms with Crippen molar-refractivity contribution in [1.29, 1.82) is 0 Å². The van der Waals surface area contributed by atoms with Crippen LogP contribution in [0, 0.1) is 17.7 Å². The molecule has 0 bridgehead atoms. The van der Waals surface area contributed by atoms with E-state index in [-0.39, 0.29) is 5.56 Å². The van der Waals surface area contributed by atoms with Crippen LogP contribution < -0.4 is 4.74 Å². The molecule has 0 heterocycles. The quantitative estimate of drug-likeness (QED) is 0.844. The summed E-state index contributed by atoms with van der Waals surface area (Å²) in [5, 5.41) is 8.69. The van der Waals surface area contributed by atoms with Crippen molar-refractivity contribution in [2.75, 3.05) is 6.61 Å².